The highest BCUT2D eigenvalue weighted by molar-refractivity contribution is 6.40. The summed E-state index contributed by atoms with van der Waals surface area (Å²) in [4.78, 5) is 32.8. The minimum absolute atomic E-state index is 0.0645. The lowest BCUT2D eigenvalue weighted by molar-refractivity contribution is -0.143. The van der Waals surface area contributed by atoms with Crippen LogP contribution >= 0.6 is 0 Å². The molecule has 1 aromatic carbocycles. The first kappa shape index (κ1) is 17.0. The average molecular weight is 338 g/mol. The number of para-hydroxylation sites is 2. The van der Waals surface area contributed by atoms with Crippen molar-refractivity contribution in [3.8, 4) is 0 Å². The van der Waals surface area contributed by atoms with E-state index in [9.17, 15) is 9.59 Å². The molecule has 1 aliphatic rings. The van der Waals surface area contributed by atoms with Crippen molar-refractivity contribution < 1.29 is 9.59 Å². The minimum atomic E-state index is -0.602. The van der Waals surface area contributed by atoms with Crippen LogP contribution in [0.1, 0.15) is 24.4 Å². The standard InChI is InChI=1S/C19H22N4O2/c1-22(2)17-7-4-3-6-15(17)21-18(24)19(25)23-13-5-8-16(23)14-9-11-20-12-10-14/h3-4,6-7,9-12,16H,5,8,13H2,1-2H3,(H,21,24). The van der Waals surface area contributed by atoms with E-state index in [-0.39, 0.29) is 6.04 Å². The van der Waals surface area contributed by atoms with E-state index in [0.29, 0.717) is 12.2 Å². The SMILES string of the molecule is CN(C)c1ccccc1NC(=O)C(=O)N1CCCC1c1ccncc1. The maximum atomic E-state index is 12.7. The summed E-state index contributed by atoms with van der Waals surface area (Å²) in [5.41, 5.74) is 2.50. The number of carbonyl (C=O) groups is 2. The Kier molecular flexibility index (Phi) is 4.97. The van der Waals surface area contributed by atoms with Crippen LogP contribution in [0.25, 0.3) is 0 Å². The molecular formula is C19H22N4O2. The minimum Gasteiger partial charge on any atom is -0.376 e. The topological polar surface area (TPSA) is 65.5 Å². The first-order valence-corrected chi connectivity index (χ1v) is 8.36. The third kappa shape index (κ3) is 3.63. The fraction of sp³-hybridized carbons (Fsp3) is 0.316. The number of hydrogen-bond donors (Lipinski definition) is 1. The van der Waals surface area contributed by atoms with Crippen LogP contribution in [-0.2, 0) is 9.59 Å². The molecule has 3 rings (SSSR count). The van der Waals surface area contributed by atoms with Gasteiger partial charge in [0.2, 0.25) is 0 Å². The van der Waals surface area contributed by atoms with Gasteiger partial charge in [0, 0.05) is 33.0 Å². The maximum Gasteiger partial charge on any atom is 0.313 e. The van der Waals surface area contributed by atoms with Gasteiger partial charge in [0.25, 0.3) is 0 Å². The number of carbonyl (C=O) groups excluding carboxylic acids is 2. The fourth-order valence-corrected chi connectivity index (χ4v) is 3.22. The normalized spacial score (nSPS) is 16.6. The zero-order valence-corrected chi connectivity index (χ0v) is 14.5. The molecule has 1 unspecified atom stereocenters. The number of amides is 2. The Labute approximate surface area is 147 Å². The quantitative estimate of drug-likeness (QED) is 0.873. The van der Waals surface area contributed by atoms with Crippen LogP contribution in [0.3, 0.4) is 0 Å². The summed E-state index contributed by atoms with van der Waals surface area (Å²) < 4.78 is 0. The number of nitrogens with one attached hydrogen (secondary N) is 1. The second-order valence-electron chi connectivity index (χ2n) is 6.30. The lowest BCUT2D eigenvalue weighted by Crippen LogP contribution is -2.39. The van der Waals surface area contributed by atoms with Gasteiger partial charge in [-0.15, -0.1) is 0 Å². The van der Waals surface area contributed by atoms with Crippen molar-refractivity contribution in [2.45, 2.75) is 18.9 Å². The molecule has 1 N–H and O–H groups in total. The predicted molar refractivity (Wildman–Crippen MR) is 97.3 cm³/mol. The van der Waals surface area contributed by atoms with Crippen LogP contribution in [0.2, 0.25) is 0 Å². The van der Waals surface area contributed by atoms with Gasteiger partial charge in [-0.2, -0.15) is 0 Å². The van der Waals surface area contributed by atoms with Gasteiger partial charge in [-0.3, -0.25) is 14.6 Å². The molecule has 6 heteroatoms. The molecule has 25 heavy (non-hydrogen) atoms. The molecule has 0 saturated carbocycles. The van der Waals surface area contributed by atoms with Gasteiger partial charge < -0.3 is 15.1 Å². The number of anilines is 2. The molecule has 1 aliphatic heterocycles. The highest BCUT2D eigenvalue weighted by atomic mass is 16.2. The molecule has 6 nitrogen and oxygen atoms in total. The van der Waals surface area contributed by atoms with Crippen molar-refractivity contribution in [1.82, 2.24) is 9.88 Å². The summed E-state index contributed by atoms with van der Waals surface area (Å²) in [6, 6.07) is 11.2. The van der Waals surface area contributed by atoms with Gasteiger partial charge in [-0.1, -0.05) is 12.1 Å². The van der Waals surface area contributed by atoms with E-state index in [2.05, 4.69) is 10.3 Å². The van der Waals surface area contributed by atoms with E-state index in [4.69, 9.17) is 0 Å². The number of hydrogen-bond acceptors (Lipinski definition) is 4. The van der Waals surface area contributed by atoms with Gasteiger partial charge >= 0.3 is 11.8 Å². The van der Waals surface area contributed by atoms with E-state index < -0.39 is 11.8 Å². The smallest absolute Gasteiger partial charge is 0.313 e. The van der Waals surface area contributed by atoms with Crippen molar-refractivity contribution in [3.05, 3.63) is 54.4 Å². The van der Waals surface area contributed by atoms with Crippen molar-refractivity contribution in [1.29, 1.82) is 0 Å². The molecule has 2 heterocycles. The summed E-state index contributed by atoms with van der Waals surface area (Å²) in [6.45, 7) is 0.592. The molecule has 0 aliphatic carbocycles. The van der Waals surface area contributed by atoms with E-state index in [1.165, 1.54) is 0 Å². The average Bonchev–Trinajstić information content (AvgIpc) is 3.11. The summed E-state index contributed by atoms with van der Waals surface area (Å²) >= 11 is 0. The molecule has 1 aromatic heterocycles. The van der Waals surface area contributed by atoms with Gasteiger partial charge in [-0.05, 0) is 42.7 Å². The Hall–Kier alpha value is -2.89. The van der Waals surface area contributed by atoms with Crippen LogP contribution in [-0.4, -0.2) is 42.3 Å². The summed E-state index contributed by atoms with van der Waals surface area (Å²) in [7, 11) is 3.79. The van der Waals surface area contributed by atoms with Gasteiger partial charge in [0.05, 0.1) is 17.4 Å². The highest BCUT2D eigenvalue weighted by Gasteiger charge is 2.33. The Morgan fingerprint density at radius 1 is 1.16 bits per heavy atom. The maximum absolute atomic E-state index is 12.7. The monoisotopic (exact) mass is 338 g/mol. The predicted octanol–water partition coefficient (Wildman–Crippen LogP) is 2.45. The zero-order chi connectivity index (χ0) is 17.8. The molecule has 1 atom stereocenters. The molecular weight excluding hydrogens is 316 g/mol. The van der Waals surface area contributed by atoms with Crippen molar-refractivity contribution in [3.63, 3.8) is 0 Å². The summed E-state index contributed by atoms with van der Waals surface area (Å²) in [6.07, 6.45) is 5.17. The molecule has 1 fully saturated rings. The molecule has 1 saturated heterocycles. The Morgan fingerprint density at radius 3 is 2.60 bits per heavy atom. The number of benzene rings is 1. The molecule has 2 aromatic rings. The number of nitrogens with zero attached hydrogens (tertiary/aromatic N) is 3. The largest absolute Gasteiger partial charge is 0.376 e. The highest BCUT2D eigenvalue weighted by Crippen LogP contribution is 2.32. The Morgan fingerprint density at radius 2 is 1.88 bits per heavy atom. The van der Waals surface area contributed by atoms with Crippen LogP contribution in [0.4, 0.5) is 11.4 Å². The summed E-state index contributed by atoms with van der Waals surface area (Å²) in [5.74, 6) is -1.09. The first-order valence-electron chi connectivity index (χ1n) is 8.36. The van der Waals surface area contributed by atoms with E-state index in [0.717, 1.165) is 24.1 Å². The number of aromatic nitrogens is 1. The summed E-state index contributed by atoms with van der Waals surface area (Å²) in [5, 5.41) is 2.76. The zero-order valence-electron chi connectivity index (χ0n) is 14.5. The van der Waals surface area contributed by atoms with E-state index in [1.54, 1.807) is 23.4 Å². The molecule has 0 spiro atoms. The van der Waals surface area contributed by atoms with Gasteiger partial charge in [0.1, 0.15) is 0 Å². The lowest BCUT2D eigenvalue weighted by atomic mass is 10.1. The molecule has 0 radical (unpaired) electrons. The van der Waals surface area contributed by atoms with Gasteiger partial charge in [0.15, 0.2) is 0 Å². The van der Waals surface area contributed by atoms with Crippen LogP contribution in [0, 0.1) is 0 Å². The molecule has 0 bridgehead atoms. The second-order valence-corrected chi connectivity index (χ2v) is 6.30. The lowest BCUT2D eigenvalue weighted by Gasteiger charge is -2.25. The van der Waals surface area contributed by atoms with Crippen LogP contribution in [0.5, 0.6) is 0 Å². The first-order chi connectivity index (χ1) is 12.1. The third-order valence-electron chi connectivity index (χ3n) is 4.43. The molecule has 2 amide bonds. The third-order valence-corrected chi connectivity index (χ3v) is 4.43. The molecule has 130 valence electrons. The number of likely N-dealkylation sites (tertiary alicyclic amines) is 1. The number of pyridine rings is 1. The fourth-order valence-electron chi connectivity index (χ4n) is 3.22. The van der Waals surface area contributed by atoms with E-state index in [1.807, 2.05) is 49.3 Å². The van der Waals surface area contributed by atoms with Gasteiger partial charge in [-0.25, -0.2) is 0 Å². The number of rotatable bonds is 3. The van der Waals surface area contributed by atoms with Crippen LogP contribution < -0.4 is 10.2 Å². The second kappa shape index (κ2) is 7.34. The Bertz CT molecular complexity index is 761. The van der Waals surface area contributed by atoms with E-state index >= 15 is 0 Å². The van der Waals surface area contributed by atoms with Crippen LogP contribution in [0.15, 0.2) is 48.8 Å². The van der Waals surface area contributed by atoms with Crippen molar-refractivity contribution in [2.24, 2.45) is 0 Å². The van der Waals surface area contributed by atoms with Crippen molar-refractivity contribution >= 4 is 23.2 Å². The Balaban J connectivity index is 1.75. The van der Waals surface area contributed by atoms with Crippen molar-refractivity contribution in [2.75, 3.05) is 30.9 Å².